The lowest BCUT2D eigenvalue weighted by Gasteiger charge is -2.08. The zero-order valence-corrected chi connectivity index (χ0v) is 17.3. The summed E-state index contributed by atoms with van der Waals surface area (Å²) >= 11 is 0. The van der Waals surface area contributed by atoms with Crippen LogP contribution >= 0.6 is 0 Å². The van der Waals surface area contributed by atoms with Crippen LogP contribution in [0.1, 0.15) is 5.56 Å². The molecule has 0 spiro atoms. The van der Waals surface area contributed by atoms with E-state index in [1.165, 1.54) is 21.8 Å². The van der Waals surface area contributed by atoms with E-state index < -0.39 is 0 Å². The van der Waals surface area contributed by atoms with Crippen LogP contribution in [0.3, 0.4) is 0 Å². The Balaban J connectivity index is 1.42. The number of para-hydroxylation sites is 2. The van der Waals surface area contributed by atoms with Crippen molar-refractivity contribution in [2.75, 3.05) is 5.32 Å². The number of hydrogen-bond donors (Lipinski definition) is 1. The molecule has 4 heteroatoms. The number of nitrogens with one attached hydrogen (secondary N) is 1. The van der Waals surface area contributed by atoms with Gasteiger partial charge in [-0.15, -0.1) is 5.10 Å². The van der Waals surface area contributed by atoms with Crippen LogP contribution < -0.4 is 5.32 Å². The van der Waals surface area contributed by atoms with E-state index in [-0.39, 0.29) is 0 Å². The third-order valence-electron chi connectivity index (χ3n) is 5.78. The van der Waals surface area contributed by atoms with Crippen molar-refractivity contribution < 1.29 is 0 Å². The molecule has 0 saturated carbocycles. The first-order valence-electron chi connectivity index (χ1n) is 10.6. The number of hydrogen-bond acceptors (Lipinski definition) is 3. The van der Waals surface area contributed by atoms with Gasteiger partial charge < -0.3 is 9.88 Å². The Kier molecular flexibility index (Phi) is 4.40. The van der Waals surface area contributed by atoms with Crippen molar-refractivity contribution in [3.8, 4) is 5.69 Å². The summed E-state index contributed by atoms with van der Waals surface area (Å²) in [6.07, 6.45) is 5.77. The van der Waals surface area contributed by atoms with Crippen molar-refractivity contribution >= 4 is 44.5 Å². The van der Waals surface area contributed by atoms with Crippen molar-refractivity contribution in [1.82, 2.24) is 14.8 Å². The van der Waals surface area contributed by atoms with E-state index in [1.54, 1.807) is 6.20 Å². The van der Waals surface area contributed by atoms with Gasteiger partial charge in [0, 0.05) is 33.4 Å². The highest BCUT2D eigenvalue weighted by atomic mass is 15.2. The van der Waals surface area contributed by atoms with Crippen molar-refractivity contribution in [3.05, 3.63) is 115 Å². The average molecular weight is 412 g/mol. The highest BCUT2D eigenvalue weighted by Gasteiger charge is 2.11. The maximum absolute atomic E-state index is 4.25. The summed E-state index contributed by atoms with van der Waals surface area (Å²) in [7, 11) is 0. The minimum atomic E-state index is 0.749. The van der Waals surface area contributed by atoms with Gasteiger partial charge in [0.1, 0.15) is 0 Å². The first kappa shape index (κ1) is 18.3. The Morgan fingerprint density at radius 3 is 2.34 bits per heavy atom. The molecule has 0 aliphatic carbocycles. The van der Waals surface area contributed by atoms with Gasteiger partial charge in [-0.3, -0.25) is 0 Å². The van der Waals surface area contributed by atoms with Gasteiger partial charge in [-0.2, -0.15) is 5.10 Å². The molecule has 6 rings (SSSR count). The molecular weight excluding hydrogens is 392 g/mol. The minimum Gasteiger partial charge on any atom is -0.345 e. The third kappa shape index (κ3) is 3.10. The first-order chi connectivity index (χ1) is 15.9. The van der Waals surface area contributed by atoms with E-state index in [2.05, 4.69) is 92.9 Å². The Bertz CT molecular complexity index is 1590. The SMILES string of the molecule is C(=C/c1ccc2c3ccccc3n(-c3ccccc3)c2c1)/Nc1nncc2ccccc12. The lowest BCUT2D eigenvalue weighted by atomic mass is 10.1. The molecule has 0 bridgehead atoms. The van der Waals surface area contributed by atoms with E-state index in [0.29, 0.717) is 0 Å². The van der Waals surface area contributed by atoms with Crippen molar-refractivity contribution in [2.45, 2.75) is 0 Å². The van der Waals surface area contributed by atoms with Crippen LogP contribution in [0.15, 0.2) is 109 Å². The fraction of sp³-hybridized carbons (Fsp3) is 0. The van der Waals surface area contributed by atoms with Gasteiger partial charge in [-0.1, -0.05) is 72.8 Å². The standard InChI is InChI=1S/C28H20N4/c1-2-9-22(10-3-1)32-26-13-7-6-12-24(26)25-15-14-20(18-27(25)32)16-17-29-28-23-11-5-4-8-21(23)19-30-31-28/h1-19H,(H,29,31)/b17-16-. The van der Waals surface area contributed by atoms with Gasteiger partial charge in [0.2, 0.25) is 0 Å². The fourth-order valence-electron chi connectivity index (χ4n) is 4.30. The molecular formula is C28H20N4. The number of nitrogens with zero attached hydrogens (tertiary/aromatic N) is 3. The fourth-order valence-corrected chi connectivity index (χ4v) is 4.30. The number of anilines is 1. The molecule has 1 N–H and O–H groups in total. The Morgan fingerprint density at radius 2 is 1.44 bits per heavy atom. The average Bonchev–Trinajstić information content (AvgIpc) is 3.18. The quantitative estimate of drug-likeness (QED) is 0.346. The molecule has 0 amide bonds. The monoisotopic (exact) mass is 412 g/mol. The van der Waals surface area contributed by atoms with Gasteiger partial charge in [-0.05, 0) is 35.9 Å². The van der Waals surface area contributed by atoms with E-state index in [9.17, 15) is 0 Å². The predicted molar refractivity (Wildman–Crippen MR) is 133 cm³/mol. The van der Waals surface area contributed by atoms with Gasteiger partial charge >= 0.3 is 0 Å². The molecule has 0 fully saturated rings. The number of fused-ring (bicyclic) bond motifs is 4. The molecule has 0 aliphatic rings. The maximum atomic E-state index is 4.25. The molecule has 4 aromatic carbocycles. The molecule has 0 aliphatic heterocycles. The zero-order valence-electron chi connectivity index (χ0n) is 17.3. The van der Waals surface area contributed by atoms with Crippen molar-refractivity contribution in [1.29, 1.82) is 0 Å². The first-order valence-corrected chi connectivity index (χ1v) is 10.6. The lowest BCUT2D eigenvalue weighted by molar-refractivity contribution is 1.05. The number of benzene rings is 4. The molecule has 0 saturated heterocycles. The van der Waals surface area contributed by atoms with E-state index in [1.807, 2.05) is 36.5 Å². The van der Waals surface area contributed by atoms with Crippen LogP contribution in [-0.4, -0.2) is 14.8 Å². The Labute approximate surface area is 185 Å². The van der Waals surface area contributed by atoms with E-state index in [0.717, 1.165) is 27.8 Å². The molecule has 0 unspecified atom stereocenters. The molecule has 0 atom stereocenters. The molecule has 32 heavy (non-hydrogen) atoms. The second-order valence-electron chi connectivity index (χ2n) is 7.72. The van der Waals surface area contributed by atoms with Gasteiger partial charge in [0.15, 0.2) is 5.82 Å². The third-order valence-corrected chi connectivity index (χ3v) is 5.78. The summed E-state index contributed by atoms with van der Waals surface area (Å²) in [5.74, 6) is 0.749. The number of rotatable bonds is 4. The van der Waals surface area contributed by atoms with Crippen molar-refractivity contribution in [2.24, 2.45) is 0 Å². The summed E-state index contributed by atoms with van der Waals surface area (Å²) in [4.78, 5) is 0. The summed E-state index contributed by atoms with van der Waals surface area (Å²) in [5.41, 5.74) is 4.66. The molecule has 152 valence electrons. The molecule has 6 aromatic rings. The van der Waals surface area contributed by atoms with Gasteiger partial charge in [-0.25, -0.2) is 0 Å². The van der Waals surface area contributed by atoms with Crippen LogP contribution in [0.25, 0.3) is 44.3 Å². The van der Waals surface area contributed by atoms with E-state index >= 15 is 0 Å². The summed E-state index contributed by atoms with van der Waals surface area (Å²) < 4.78 is 2.33. The van der Waals surface area contributed by atoms with Gasteiger partial charge in [0.25, 0.3) is 0 Å². The van der Waals surface area contributed by atoms with Crippen LogP contribution in [0.5, 0.6) is 0 Å². The zero-order chi connectivity index (χ0) is 21.3. The Hall–Kier alpha value is -4.44. The molecule has 0 radical (unpaired) electrons. The maximum Gasteiger partial charge on any atom is 0.160 e. The molecule has 4 nitrogen and oxygen atoms in total. The summed E-state index contributed by atoms with van der Waals surface area (Å²) in [6.45, 7) is 0. The van der Waals surface area contributed by atoms with E-state index in [4.69, 9.17) is 0 Å². The van der Waals surface area contributed by atoms with Crippen LogP contribution in [0.4, 0.5) is 5.82 Å². The van der Waals surface area contributed by atoms with Crippen LogP contribution in [0.2, 0.25) is 0 Å². The summed E-state index contributed by atoms with van der Waals surface area (Å²) in [5, 5.41) is 16.3. The molecule has 2 heterocycles. The van der Waals surface area contributed by atoms with Crippen LogP contribution in [0, 0.1) is 0 Å². The number of aromatic nitrogens is 3. The second-order valence-corrected chi connectivity index (χ2v) is 7.72. The summed E-state index contributed by atoms with van der Waals surface area (Å²) in [6, 6.07) is 33.7. The van der Waals surface area contributed by atoms with Gasteiger partial charge in [0.05, 0.1) is 17.2 Å². The smallest absolute Gasteiger partial charge is 0.160 e. The predicted octanol–water partition coefficient (Wildman–Crippen LogP) is 6.81. The topological polar surface area (TPSA) is 42.7 Å². The second kappa shape index (κ2) is 7.67. The highest BCUT2D eigenvalue weighted by Crippen LogP contribution is 2.32. The van der Waals surface area contributed by atoms with Crippen molar-refractivity contribution in [3.63, 3.8) is 0 Å². The largest absolute Gasteiger partial charge is 0.345 e. The lowest BCUT2D eigenvalue weighted by Crippen LogP contribution is -1.95. The highest BCUT2D eigenvalue weighted by molar-refractivity contribution is 6.09. The molecule has 2 aromatic heterocycles. The Morgan fingerprint density at radius 1 is 0.688 bits per heavy atom. The normalized spacial score (nSPS) is 11.6. The van der Waals surface area contributed by atoms with Crippen LogP contribution in [-0.2, 0) is 0 Å². The minimum absolute atomic E-state index is 0.749.